The van der Waals surface area contributed by atoms with Crippen molar-refractivity contribution in [2.24, 2.45) is 5.16 Å². The van der Waals surface area contributed by atoms with Crippen molar-refractivity contribution in [2.75, 3.05) is 6.79 Å². The number of hydrogen-bond acceptors (Lipinski definition) is 5. The Labute approximate surface area is 115 Å². The quantitative estimate of drug-likeness (QED) is 0.634. The molecule has 5 nitrogen and oxygen atoms in total. The molecule has 0 fully saturated rings. The van der Waals surface area contributed by atoms with Crippen molar-refractivity contribution in [1.29, 1.82) is 0 Å². The van der Waals surface area contributed by atoms with Crippen LogP contribution in [0.1, 0.15) is 15.9 Å². The van der Waals surface area contributed by atoms with Gasteiger partial charge in [-0.25, -0.2) is 4.79 Å². The van der Waals surface area contributed by atoms with Crippen LogP contribution in [0.4, 0.5) is 0 Å². The number of oxime groups is 1. The number of hydrogen-bond donors (Lipinski definition) is 0. The molecule has 2 aromatic rings. The minimum atomic E-state index is -0.468. The number of carbonyl (C=O) groups is 1. The van der Waals surface area contributed by atoms with Crippen molar-refractivity contribution in [3.63, 3.8) is 0 Å². The fourth-order valence-electron chi connectivity index (χ4n) is 1.82. The Morgan fingerprint density at radius 1 is 1.05 bits per heavy atom. The van der Waals surface area contributed by atoms with Crippen LogP contribution < -0.4 is 4.74 Å². The van der Waals surface area contributed by atoms with Crippen molar-refractivity contribution in [2.45, 2.75) is 0 Å². The molecule has 0 saturated carbocycles. The van der Waals surface area contributed by atoms with E-state index in [1.165, 1.54) is 0 Å². The molecule has 1 aliphatic heterocycles. The molecule has 0 spiro atoms. The monoisotopic (exact) mass is 269 g/mol. The zero-order chi connectivity index (χ0) is 13.8. The van der Waals surface area contributed by atoms with E-state index >= 15 is 0 Å². The van der Waals surface area contributed by atoms with Gasteiger partial charge in [0.05, 0.1) is 11.1 Å². The van der Waals surface area contributed by atoms with Gasteiger partial charge in [0.15, 0.2) is 0 Å². The van der Waals surface area contributed by atoms with Gasteiger partial charge in [-0.1, -0.05) is 30.3 Å². The molecule has 0 radical (unpaired) electrons. The van der Waals surface area contributed by atoms with Gasteiger partial charge in [-0.05, 0) is 29.4 Å². The summed E-state index contributed by atoms with van der Waals surface area (Å²) < 4.78 is 10.5. The number of benzene rings is 2. The summed E-state index contributed by atoms with van der Waals surface area (Å²) in [5, 5.41) is 3.74. The molecule has 1 heterocycles. The number of ether oxygens (including phenoxy) is 2. The van der Waals surface area contributed by atoms with E-state index < -0.39 is 5.97 Å². The van der Waals surface area contributed by atoms with Crippen LogP contribution in [-0.2, 0) is 9.57 Å². The first-order chi connectivity index (χ1) is 9.84. The van der Waals surface area contributed by atoms with Crippen molar-refractivity contribution in [3.05, 3.63) is 65.7 Å². The first kappa shape index (κ1) is 12.2. The summed E-state index contributed by atoms with van der Waals surface area (Å²) in [6, 6.07) is 15.8. The fraction of sp³-hybridized carbons (Fsp3) is 0.0667. The van der Waals surface area contributed by atoms with E-state index in [1.807, 2.05) is 6.07 Å². The first-order valence-corrected chi connectivity index (χ1v) is 6.04. The summed E-state index contributed by atoms with van der Waals surface area (Å²) in [6.07, 6.45) is 0. The van der Waals surface area contributed by atoms with E-state index in [4.69, 9.17) is 14.3 Å². The summed E-state index contributed by atoms with van der Waals surface area (Å²) in [5.41, 5.74) is 0.923. The molecule has 0 aromatic heterocycles. The Morgan fingerprint density at radius 2 is 1.80 bits per heavy atom. The molecule has 3 rings (SSSR count). The Kier molecular flexibility index (Phi) is 3.33. The molecule has 0 N–H and O–H groups in total. The van der Waals surface area contributed by atoms with E-state index in [2.05, 4.69) is 5.16 Å². The maximum Gasteiger partial charge on any atom is 0.344 e. The lowest BCUT2D eigenvalue weighted by Crippen LogP contribution is -2.14. The summed E-state index contributed by atoms with van der Waals surface area (Å²) >= 11 is 0. The zero-order valence-electron chi connectivity index (χ0n) is 10.5. The Morgan fingerprint density at radius 3 is 2.55 bits per heavy atom. The van der Waals surface area contributed by atoms with Gasteiger partial charge in [0.25, 0.3) is 12.7 Å². The van der Waals surface area contributed by atoms with Crippen LogP contribution >= 0.6 is 0 Å². The largest absolute Gasteiger partial charge is 0.435 e. The van der Waals surface area contributed by atoms with E-state index in [0.717, 1.165) is 0 Å². The predicted octanol–water partition coefficient (Wildman–Crippen LogP) is 2.57. The highest BCUT2D eigenvalue weighted by molar-refractivity contribution is 6.05. The second-order valence-corrected chi connectivity index (χ2v) is 4.04. The molecule has 1 aliphatic rings. The molecule has 0 amide bonds. The third-order valence-corrected chi connectivity index (χ3v) is 2.73. The van der Waals surface area contributed by atoms with Gasteiger partial charge in [-0.3, -0.25) is 0 Å². The van der Waals surface area contributed by atoms with Crippen LogP contribution in [0.3, 0.4) is 0 Å². The van der Waals surface area contributed by atoms with Gasteiger partial charge in [0.1, 0.15) is 5.75 Å². The minimum Gasteiger partial charge on any atom is -0.435 e. The van der Waals surface area contributed by atoms with Crippen LogP contribution in [0.25, 0.3) is 0 Å². The molecule has 0 aliphatic carbocycles. The van der Waals surface area contributed by atoms with Gasteiger partial charge < -0.3 is 14.3 Å². The normalized spacial score (nSPS) is 13.1. The predicted molar refractivity (Wildman–Crippen MR) is 71.4 cm³/mol. The number of esters is 1. The highest BCUT2D eigenvalue weighted by Gasteiger charge is 2.21. The summed E-state index contributed by atoms with van der Waals surface area (Å²) in [5.74, 6) is 0.299. The van der Waals surface area contributed by atoms with E-state index in [9.17, 15) is 4.79 Å². The SMILES string of the molecule is O=C(Oc1ccccc1)c1ccccc1C1=NOCO1. The average Bonchev–Trinajstić information content (AvgIpc) is 3.02. The first-order valence-electron chi connectivity index (χ1n) is 6.04. The van der Waals surface area contributed by atoms with Crippen LogP contribution in [0, 0.1) is 0 Å². The molecule has 0 atom stereocenters. The van der Waals surface area contributed by atoms with Gasteiger partial charge in [-0.2, -0.15) is 0 Å². The summed E-state index contributed by atoms with van der Waals surface area (Å²) in [6.45, 7) is 0.0530. The molecular weight excluding hydrogens is 258 g/mol. The van der Waals surface area contributed by atoms with Crippen LogP contribution in [-0.4, -0.2) is 18.7 Å². The maximum atomic E-state index is 12.2. The van der Waals surface area contributed by atoms with Crippen LogP contribution in [0.2, 0.25) is 0 Å². The minimum absolute atomic E-state index is 0.0530. The van der Waals surface area contributed by atoms with E-state index in [-0.39, 0.29) is 12.7 Å². The third-order valence-electron chi connectivity index (χ3n) is 2.73. The molecule has 20 heavy (non-hydrogen) atoms. The Bertz CT molecular complexity index is 652. The van der Waals surface area contributed by atoms with Crippen molar-refractivity contribution in [1.82, 2.24) is 0 Å². The van der Waals surface area contributed by atoms with Crippen molar-refractivity contribution in [3.8, 4) is 5.75 Å². The highest BCUT2D eigenvalue weighted by atomic mass is 16.8. The van der Waals surface area contributed by atoms with E-state index in [1.54, 1.807) is 48.5 Å². The standard InChI is InChI=1S/C15H11NO4/c17-15(20-11-6-2-1-3-7-11)13-9-5-4-8-12(13)14-16-19-10-18-14/h1-9H,10H2. The van der Waals surface area contributed by atoms with Crippen LogP contribution in [0.5, 0.6) is 5.75 Å². The van der Waals surface area contributed by atoms with Gasteiger partial charge in [0, 0.05) is 0 Å². The second kappa shape index (κ2) is 5.44. The molecule has 5 heteroatoms. The van der Waals surface area contributed by atoms with Crippen LogP contribution in [0.15, 0.2) is 59.8 Å². The Hall–Kier alpha value is -2.82. The Balaban J connectivity index is 1.88. The second-order valence-electron chi connectivity index (χ2n) is 4.04. The molecule has 0 bridgehead atoms. The summed E-state index contributed by atoms with van der Waals surface area (Å²) in [7, 11) is 0. The average molecular weight is 269 g/mol. The number of nitrogens with zero attached hydrogens (tertiary/aromatic N) is 1. The fourth-order valence-corrected chi connectivity index (χ4v) is 1.82. The smallest absolute Gasteiger partial charge is 0.344 e. The van der Waals surface area contributed by atoms with Crippen molar-refractivity contribution >= 4 is 11.9 Å². The summed E-state index contributed by atoms with van der Waals surface area (Å²) in [4.78, 5) is 17.0. The lowest BCUT2D eigenvalue weighted by molar-refractivity contribution is 0.0582. The van der Waals surface area contributed by atoms with Gasteiger partial charge >= 0.3 is 5.97 Å². The van der Waals surface area contributed by atoms with E-state index in [0.29, 0.717) is 16.9 Å². The van der Waals surface area contributed by atoms with Crippen molar-refractivity contribution < 1.29 is 19.1 Å². The molecular formula is C15H11NO4. The molecule has 2 aromatic carbocycles. The number of para-hydroxylation sites is 1. The maximum absolute atomic E-state index is 12.2. The van der Waals surface area contributed by atoms with Gasteiger partial charge in [0.2, 0.25) is 0 Å². The lowest BCUT2D eigenvalue weighted by atomic mass is 10.1. The third kappa shape index (κ3) is 2.47. The highest BCUT2D eigenvalue weighted by Crippen LogP contribution is 2.17. The number of carbonyl (C=O) groups excluding carboxylic acids is 1. The number of rotatable bonds is 3. The molecule has 100 valence electrons. The topological polar surface area (TPSA) is 57.1 Å². The zero-order valence-corrected chi connectivity index (χ0v) is 10.5. The molecule has 0 unspecified atom stereocenters. The van der Waals surface area contributed by atoms with Gasteiger partial charge in [-0.15, -0.1) is 0 Å². The lowest BCUT2D eigenvalue weighted by Gasteiger charge is -2.08. The molecule has 0 saturated heterocycles.